The first-order valence-corrected chi connectivity index (χ1v) is 10.9. The van der Waals surface area contributed by atoms with Gasteiger partial charge in [0.05, 0.1) is 28.9 Å². The quantitative estimate of drug-likeness (QED) is 0.378. The van der Waals surface area contributed by atoms with Gasteiger partial charge in [-0.25, -0.2) is 18.8 Å². The van der Waals surface area contributed by atoms with Gasteiger partial charge in [0.2, 0.25) is 0 Å². The smallest absolute Gasteiger partial charge is 0.473 e. The van der Waals surface area contributed by atoms with E-state index in [2.05, 4.69) is 9.84 Å². The molecule has 0 bridgehead atoms. The second-order valence-electron chi connectivity index (χ2n) is 7.70. The van der Waals surface area contributed by atoms with E-state index in [4.69, 9.17) is 32.7 Å². The van der Waals surface area contributed by atoms with Crippen molar-refractivity contribution in [1.82, 2.24) is 14.3 Å². The van der Waals surface area contributed by atoms with Gasteiger partial charge in [0.1, 0.15) is 12.1 Å². The van der Waals surface area contributed by atoms with Gasteiger partial charge in [-0.05, 0) is 62.7 Å². The van der Waals surface area contributed by atoms with Crippen molar-refractivity contribution in [1.29, 1.82) is 0 Å². The second kappa shape index (κ2) is 10.2. The summed E-state index contributed by atoms with van der Waals surface area (Å²) < 4.78 is 53.8. The summed E-state index contributed by atoms with van der Waals surface area (Å²) >= 11 is 12.6. The van der Waals surface area contributed by atoms with Gasteiger partial charge in [0, 0.05) is 0 Å². The van der Waals surface area contributed by atoms with E-state index in [9.17, 15) is 22.8 Å². The number of halogens is 5. The molecule has 0 atom stereocenters. The number of hydrogen-bond donors (Lipinski definition) is 0. The highest BCUT2D eigenvalue weighted by Crippen LogP contribution is 2.37. The normalized spacial score (nSPS) is 11.9. The lowest BCUT2D eigenvalue weighted by Gasteiger charge is -2.25. The minimum absolute atomic E-state index is 0.0118. The number of hydrogen-bond acceptors (Lipinski definition) is 6. The zero-order chi connectivity index (χ0) is 26.0. The Morgan fingerprint density at radius 3 is 2.20 bits per heavy atom. The SMILES string of the molecule is CCOC(=O)C(C)(C)Oc1c(Cl)cc(Cn2ncn(-c3ccc(OC(F)(F)F)cc3)c2=O)cc1Cl. The fourth-order valence-corrected chi connectivity index (χ4v) is 3.62. The van der Waals surface area contributed by atoms with E-state index < -0.39 is 29.4 Å². The molecule has 1 aromatic heterocycles. The number of carbonyl (C=O) groups excluding carboxylic acids is 1. The van der Waals surface area contributed by atoms with Crippen LogP contribution in [0.25, 0.3) is 5.69 Å². The minimum atomic E-state index is -4.82. The molecular formula is C22H20Cl2F3N3O5. The van der Waals surface area contributed by atoms with Crippen molar-refractivity contribution in [2.24, 2.45) is 0 Å². The van der Waals surface area contributed by atoms with E-state index in [1.807, 2.05) is 0 Å². The predicted molar refractivity (Wildman–Crippen MR) is 121 cm³/mol. The Kier molecular flexibility index (Phi) is 7.71. The summed E-state index contributed by atoms with van der Waals surface area (Å²) in [6.45, 7) is 4.86. The number of nitrogens with zero attached hydrogens (tertiary/aromatic N) is 3. The maximum atomic E-state index is 12.8. The molecule has 0 fully saturated rings. The molecule has 3 aromatic rings. The summed E-state index contributed by atoms with van der Waals surface area (Å²) in [6, 6.07) is 7.78. The van der Waals surface area contributed by atoms with Crippen LogP contribution in [0.5, 0.6) is 11.5 Å². The van der Waals surface area contributed by atoms with E-state index in [-0.39, 0.29) is 34.6 Å². The van der Waals surface area contributed by atoms with Crippen molar-refractivity contribution in [2.45, 2.75) is 39.3 Å². The highest BCUT2D eigenvalue weighted by molar-refractivity contribution is 6.37. The van der Waals surface area contributed by atoms with Gasteiger partial charge in [-0.1, -0.05) is 23.2 Å². The lowest BCUT2D eigenvalue weighted by atomic mass is 10.1. The van der Waals surface area contributed by atoms with Crippen LogP contribution in [-0.2, 0) is 16.1 Å². The number of esters is 1. The molecule has 0 saturated carbocycles. The summed E-state index contributed by atoms with van der Waals surface area (Å²) in [5.74, 6) is -0.931. The zero-order valence-electron chi connectivity index (χ0n) is 18.7. The molecule has 188 valence electrons. The molecule has 35 heavy (non-hydrogen) atoms. The van der Waals surface area contributed by atoms with E-state index in [0.717, 1.165) is 21.4 Å². The maximum Gasteiger partial charge on any atom is 0.573 e. The Morgan fingerprint density at radius 1 is 1.06 bits per heavy atom. The van der Waals surface area contributed by atoms with Crippen molar-refractivity contribution < 1.29 is 32.2 Å². The minimum Gasteiger partial charge on any atom is -0.473 e. The average molecular weight is 534 g/mol. The highest BCUT2D eigenvalue weighted by Gasteiger charge is 2.33. The van der Waals surface area contributed by atoms with Crippen LogP contribution >= 0.6 is 23.2 Å². The van der Waals surface area contributed by atoms with Crippen LogP contribution in [0.1, 0.15) is 26.3 Å². The Labute approximate surface area is 207 Å². The highest BCUT2D eigenvalue weighted by atomic mass is 35.5. The molecule has 3 rings (SSSR count). The first-order valence-electron chi connectivity index (χ1n) is 10.2. The van der Waals surface area contributed by atoms with E-state index in [0.29, 0.717) is 5.56 Å². The number of benzene rings is 2. The fraction of sp³-hybridized carbons (Fsp3) is 0.318. The third-order valence-corrected chi connectivity index (χ3v) is 5.16. The van der Waals surface area contributed by atoms with Crippen LogP contribution < -0.4 is 15.2 Å². The summed E-state index contributed by atoms with van der Waals surface area (Å²) in [5.41, 5.74) is -1.09. The van der Waals surface area contributed by atoms with Gasteiger partial charge in [-0.3, -0.25) is 0 Å². The summed E-state index contributed by atoms with van der Waals surface area (Å²) in [6.07, 6.45) is -3.59. The summed E-state index contributed by atoms with van der Waals surface area (Å²) in [4.78, 5) is 24.9. The second-order valence-corrected chi connectivity index (χ2v) is 8.52. The van der Waals surface area contributed by atoms with Gasteiger partial charge in [-0.15, -0.1) is 13.2 Å². The molecule has 0 unspecified atom stereocenters. The van der Waals surface area contributed by atoms with Crippen molar-refractivity contribution >= 4 is 29.2 Å². The molecular weight excluding hydrogens is 514 g/mol. The van der Waals surface area contributed by atoms with Gasteiger partial charge in [0.15, 0.2) is 11.4 Å². The molecule has 2 aromatic carbocycles. The molecule has 0 saturated heterocycles. The average Bonchev–Trinajstić information content (AvgIpc) is 3.10. The number of carbonyl (C=O) groups is 1. The molecule has 0 radical (unpaired) electrons. The van der Waals surface area contributed by atoms with E-state index in [1.165, 1.54) is 44.4 Å². The van der Waals surface area contributed by atoms with Gasteiger partial charge < -0.3 is 14.2 Å². The molecule has 0 aliphatic rings. The molecule has 13 heteroatoms. The molecule has 0 amide bonds. The van der Waals surface area contributed by atoms with Crippen LogP contribution in [0.15, 0.2) is 47.5 Å². The Morgan fingerprint density at radius 2 is 1.66 bits per heavy atom. The third kappa shape index (κ3) is 6.49. The maximum absolute atomic E-state index is 12.8. The number of alkyl halides is 3. The molecule has 0 spiro atoms. The van der Waals surface area contributed by atoms with Crippen LogP contribution in [-0.4, -0.2) is 38.9 Å². The van der Waals surface area contributed by atoms with Gasteiger partial charge in [-0.2, -0.15) is 5.10 Å². The Balaban J connectivity index is 1.79. The first-order chi connectivity index (χ1) is 16.3. The molecule has 0 aliphatic carbocycles. The Hall–Kier alpha value is -3.18. The summed E-state index contributed by atoms with van der Waals surface area (Å²) in [5, 5.41) is 4.25. The van der Waals surface area contributed by atoms with E-state index >= 15 is 0 Å². The lowest BCUT2D eigenvalue weighted by Crippen LogP contribution is -2.39. The zero-order valence-corrected chi connectivity index (χ0v) is 20.2. The first kappa shape index (κ1) is 26.4. The number of aromatic nitrogens is 3. The molecule has 0 aliphatic heterocycles. The van der Waals surface area contributed by atoms with Crippen molar-refractivity contribution in [3.05, 3.63) is 68.8 Å². The monoisotopic (exact) mass is 533 g/mol. The third-order valence-electron chi connectivity index (χ3n) is 4.60. The largest absolute Gasteiger partial charge is 0.573 e. The van der Waals surface area contributed by atoms with Crippen LogP contribution in [0.3, 0.4) is 0 Å². The van der Waals surface area contributed by atoms with E-state index in [1.54, 1.807) is 6.92 Å². The van der Waals surface area contributed by atoms with Crippen LogP contribution in [0, 0.1) is 0 Å². The van der Waals surface area contributed by atoms with Gasteiger partial charge in [0.25, 0.3) is 0 Å². The number of ether oxygens (including phenoxy) is 3. The summed E-state index contributed by atoms with van der Waals surface area (Å²) in [7, 11) is 0. The number of rotatable bonds is 8. The molecule has 8 nitrogen and oxygen atoms in total. The lowest BCUT2D eigenvalue weighted by molar-refractivity contribution is -0.274. The van der Waals surface area contributed by atoms with Gasteiger partial charge >= 0.3 is 18.0 Å². The van der Waals surface area contributed by atoms with Crippen molar-refractivity contribution in [3.8, 4) is 17.2 Å². The Bertz CT molecular complexity index is 1250. The van der Waals surface area contributed by atoms with Crippen molar-refractivity contribution in [3.63, 3.8) is 0 Å². The predicted octanol–water partition coefficient (Wildman–Crippen LogP) is 5.01. The molecule has 1 heterocycles. The standard InChI is InChI=1S/C22H20Cl2F3N3O5/c1-4-33-19(31)21(2,3)35-18-16(23)9-13(10-17(18)24)11-30-20(32)29(12-28-30)14-5-7-15(8-6-14)34-22(25,26)27/h5-10,12H,4,11H2,1-3H3. The van der Waals surface area contributed by atoms with Crippen LogP contribution in [0.2, 0.25) is 10.0 Å². The topological polar surface area (TPSA) is 84.6 Å². The molecule has 0 N–H and O–H groups in total. The fourth-order valence-electron chi connectivity index (χ4n) is 3.01. The van der Waals surface area contributed by atoms with Crippen LogP contribution in [0.4, 0.5) is 13.2 Å². The van der Waals surface area contributed by atoms with Crippen molar-refractivity contribution in [2.75, 3.05) is 6.61 Å².